The van der Waals surface area contributed by atoms with E-state index in [9.17, 15) is 24.3 Å². The monoisotopic (exact) mass is 694 g/mol. The molecule has 0 aromatic heterocycles. The summed E-state index contributed by atoms with van der Waals surface area (Å²) in [5.41, 5.74) is 0.630. The van der Waals surface area contributed by atoms with Gasteiger partial charge in [0.15, 0.2) is 5.78 Å². The van der Waals surface area contributed by atoms with Gasteiger partial charge in [-0.25, -0.2) is 0 Å². The number of ketones is 1. The molecule has 5 aliphatic carbocycles. The highest BCUT2D eigenvalue weighted by Crippen LogP contribution is 2.72. The molecule has 280 valence electrons. The quantitative estimate of drug-likeness (QED) is 0.238. The number of carboxylic acids is 1. The van der Waals surface area contributed by atoms with Crippen molar-refractivity contribution in [2.24, 2.45) is 51.2 Å². The maximum atomic E-state index is 13.9. The summed E-state index contributed by atoms with van der Waals surface area (Å²) in [5, 5.41) is 13.1. The Morgan fingerprint density at radius 2 is 1.60 bits per heavy atom. The number of carboxylic acid groups (broad SMARTS) is 1. The number of hydrogen-bond acceptors (Lipinski definition) is 6. The van der Waals surface area contributed by atoms with Crippen LogP contribution in [0, 0.1) is 51.2 Å². The van der Waals surface area contributed by atoms with E-state index >= 15 is 0 Å². The highest BCUT2D eigenvalue weighted by Gasteiger charge is 2.67. The van der Waals surface area contributed by atoms with E-state index in [0.717, 1.165) is 76.6 Å². The molecule has 0 bridgehead atoms. The lowest BCUT2D eigenvalue weighted by Crippen LogP contribution is -2.64. The first kappa shape index (κ1) is 37.5. The lowest BCUT2D eigenvalue weighted by Gasteiger charge is -2.68. The Bertz CT molecular complexity index is 1410. The maximum Gasteiger partial charge on any atom is 0.309 e. The molecule has 2 N–H and O–H groups in total. The fourth-order valence-corrected chi connectivity index (χ4v) is 13.0. The third kappa shape index (κ3) is 6.29. The number of carbonyl (C=O) groups is 4. The summed E-state index contributed by atoms with van der Waals surface area (Å²) in [5.74, 6) is 0.808. The van der Waals surface area contributed by atoms with E-state index in [1.54, 1.807) is 13.8 Å². The number of piperidine rings is 1. The van der Waals surface area contributed by atoms with Gasteiger partial charge in [0.05, 0.1) is 17.4 Å². The van der Waals surface area contributed by atoms with Crippen molar-refractivity contribution >= 4 is 23.6 Å². The summed E-state index contributed by atoms with van der Waals surface area (Å²) in [4.78, 5) is 54.7. The van der Waals surface area contributed by atoms with E-state index in [4.69, 9.17) is 4.74 Å². The van der Waals surface area contributed by atoms with Crippen LogP contribution >= 0.6 is 0 Å². The Hall–Kier alpha value is -2.22. The number of ether oxygens (including phenoxy) is 1. The van der Waals surface area contributed by atoms with Crippen LogP contribution in [0.5, 0.6) is 0 Å². The molecule has 8 nitrogen and oxygen atoms in total. The first-order valence-electron chi connectivity index (χ1n) is 20.1. The Morgan fingerprint density at radius 3 is 2.26 bits per heavy atom. The Labute approximate surface area is 301 Å². The highest BCUT2D eigenvalue weighted by molar-refractivity contribution is 6.02. The minimum atomic E-state index is -1.15. The van der Waals surface area contributed by atoms with Gasteiger partial charge in [0.1, 0.15) is 6.10 Å². The summed E-state index contributed by atoms with van der Waals surface area (Å²) in [6.07, 6.45) is 12.3. The third-order valence-electron chi connectivity index (χ3n) is 15.5. The van der Waals surface area contributed by atoms with Crippen LogP contribution in [0.2, 0.25) is 0 Å². The van der Waals surface area contributed by atoms with Crippen molar-refractivity contribution in [3.63, 3.8) is 0 Å². The first-order chi connectivity index (χ1) is 23.4. The molecule has 0 spiro atoms. The Morgan fingerprint density at radius 1 is 0.920 bits per heavy atom. The SMILES string of the molecule is CC(C)C1=C2C3CCC4C(C)(CCC5C(C)(C)C(OC(=O)CC(C)(C)C(=O)O)CCC54C)C3CCC2(NC(=O)CCN2CCCCC2)CC1=O. The summed E-state index contributed by atoms with van der Waals surface area (Å²) >= 11 is 0. The lowest BCUT2D eigenvalue weighted by atomic mass is 9.37. The molecular formula is C42H66N2O6. The minimum absolute atomic E-state index is 0.0999. The number of fused-ring (bicyclic) bond motifs is 7. The van der Waals surface area contributed by atoms with Gasteiger partial charge in [0.2, 0.25) is 5.91 Å². The molecule has 1 heterocycles. The topological polar surface area (TPSA) is 113 Å². The predicted octanol–water partition coefficient (Wildman–Crippen LogP) is 7.73. The number of rotatable bonds is 9. The van der Waals surface area contributed by atoms with Crippen LogP contribution in [-0.4, -0.2) is 64.9 Å². The van der Waals surface area contributed by atoms with Gasteiger partial charge < -0.3 is 20.1 Å². The molecular weight excluding hydrogens is 628 g/mol. The molecule has 0 aromatic rings. The number of amides is 1. The normalized spacial score (nSPS) is 38.5. The summed E-state index contributed by atoms with van der Waals surface area (Å²) in [6, 6.07) is 0. The van der Waals surface area contributed by atoms with Gasteiger partial charge in [0.25, 0.3) is 0 Å². The van der Waals surface area contributed by atoms with Gasteiger partial charge in [-0.2, -0.15) is 0 Å². The van der Waals surface area contributed by atoms with Crippen molar-refractivity contribution in [2.75, 3.05) is 19.6 Å². The molecule has 50 heavy (non-hydrogen) atoms. The number of hydrogen-bond donors (Lipinski definition) is 2. The van der Waals surface area contributed by atoms with E-state index in [0.29, 0.717) is 36.5 Å². The average molecular weight is 695 g/mol. The van der Waals surface area contributed by atoms with Crippen LogP contribution in [0.3, 0.4) is 0 Å². The van der Waals surface area contributed by atoms with Crippen molar-refractivity contribution < 1.29 is 29.0 Å². The number of nitrogens with one attached hydrogen (secondary N) is 1. The van der Waals surface area contributed by atoms with Gasteiger partial charge in [-0.15, -0.1) is 0 Å². The fraction of sp³-hybridized carbons (Fsp3) is 0.857. The van der Waals surface area contributed by atoms with Crippen molar-refractivity contribution in [3.8, 4) is 0 Å². The van der Waals surface area contributed by atoms with Crippen molar-refractivity contribution in [1.82, 2.24) is 10.2 Å². The molecule has 8 unspecified atom stereocenters. The summed E-state index contributed by atoms with van der Waals surface area (Å²) < 4.78 is 6.14. The zero-order chi connectivity index (χ0) is 36.4. The Balaban J connectivity index is 1.22. The molecule has 5 fully saturated rings. The number of likely N-dealkylation sites (tertiary alicyclic amines) is 1. The van der Waals surface area contributed by atoms with Gasteiger partial charge in [0, 0.05) is 24.8 Å². The van der Waals surface area contributed by atoms with Crippen LogP contribution in [0.15, 0.2) is 11.1 Å². The molecule has 1 aliphatic heterocycles. The minimum Gasteiger partial charge on any atom is -0.481 e. The van der Waals surface area contributed by atoms with Gasteiger partial charge in [-0.3, -0.25) is 19.2 Å². The smallest absolute Gasteiger partial charge is 0.309 e. The molecule has 1 amide bonds. The van der Waals surface area contributed by atoms with Gasteiger partial charge in [-0.1, -0.05) is 48.0 Å². The molecule has 8 heteroatoms. The standard InChI is InChI=1S/C42H66N2O6/c1-26(2)35-29(45)24-42(43-33(46)17-23-44-21-10-9-11-22-44)20-14-28-27(36(35)42)12-13-31-40(28,7)18-15-30-39(5,6)32(16-19-41(30,31)8)50-34(47)25-38(3,4)37(48)49/h26-28,30-32H,9-25H2,1-8H3,(H,43,46)(H,48,49). The van der Waals surface area contributed by atoms with Crippen LogP contribution in [0.1, 0.15) is 145 Å². The molecule has 4 saturated carbocycles. The predicted molar refractivity (Wildman–Crippen MR) is 194 cm³/mol. The largest absolute Gasteiger partial charge is 0.481 e. The molecule has 8 atom stereocenters. The van der Waals surface area contributed by atoms with Crippen LogP contribution < -0.4 is 5.32 Å². The maximum absolute atomic E-state index is 13.9. The number of carbonyl (C=O) groups excluding carboxylic acids is 3. The van der Waals surface area contributed by atoms with Gasteiger partial charge >= 0.3 is 11.9 Å². The molecule has 6 aliphatic rings. The zero-order valence-corrected chi connectivity index (χ0v) is 32.4. The second-order valence-electron chi connectivity index (χ2n) is 19.6. The molecule has 0 aromatic carbocycles. The number of esters is 1. The van der Waals surface area contributed by atoms with Crippen LogP contribution in [0.4, 0.5) is 0 Å². The molecule has 0 radical (unpaired) electrons. The van der Waals surface area contributed by atoms with E-state index in [1.807, 2.05) is 0 Å². The van der Waals surface area contributed by atoms with Crippen molar-refractivity contribution in [3.05, 3.63) is 11.1 Å². The average Bonchev–Trinajstić information content (AvgIpc) is 3.33. The highest BCUT2D eigenvalue weighted by atomic mass is 16.5. The second-order valence-corrected chi connectivity index (χ2v) is 19.6. The first-order valence-corrected chi connectivity index (χ1v) is 20.1. The second kappa shape index (κ2) is 13.3. The van der Waals surface area contributed by atoms with E-state index < -0.39 is 22.9 Å². The van der Waals surface area contributed by atoms with E-state index in [2.05, 4.69) is 51.8 Å². The number of nitrogens with zero attached hydrogens (tertiary/aromatic N) is 1. The number of aliphatic carboxylic acids is 1. The third-order valence-corrected chi connectivity index (χ3v) is 15.5. The molecule has 1 saturated heterocycles. The lowest BCUT2D eigenvalue weighted by molar-refractivity contribution is -0.213. The summed E-state index contributed by atoms with van der Waals surface area (Å²) in [6.45, 7) is 20.1. The fourth-order valence-electron chi connectivity index (χ4n) is 13.0. The van der Waals surface area contributed by atoms with Crippen LogP contribution in [-0.2, 0) is 23.9 Å². The Kier molecular flexibility index (Phi) is 10.0. The van der Waals surface area contributed by atoms with Crippen molar-refractivity contribution in [1.29, 1.82) is 0 Å². The van der Waals surface area contributed by atoms with Crippen molar-refractivity contribution in [2.45, 2.75) is 157 Å². The van der Waals surface area contributed by atoms with E-state index in [1.165, 1.54) is 24.8 Å². The zero-order valence-electron chi connectivity index (χ0n) is 32.4. The summed E-state index contributed by atoms with van der Waals surface area (Å²) in [7, 11) is 0. The number of allylic oxidation sites excluding steroid dienone is 1. The van der Waals surface area contributed by atoms with Gasteiger partial charge in [-0.05, 0) is 143 Å². The van der Waals surface area contributed by atoms with Crippen LogP contribution in [0.25, 0.3) is 0 Å². The molecule has 6 rings (SSSR count). The van der Waals surface area contributed by atoms with E-state index in [-0.39, 0.29) is 46.4 Å². The number of Topliss-reactive ketones (excluding diaryl/α,β-unsaturated/α-hetero) is 1.